The second-order valence-electron chi connectivity index (χ2n) is 4.41. The Labute approximate surface area is 123 Å². The van der Waals surface area contributed by atoms with Crippen molar-refractivity contribution in [2.24, 2.45) is 0 Å². The number of alkyl halides is 1. The van der Waals surface area contributed by atoms with Gasteiger partial charge in [-0.05, 0) is 30.7 Å². The van der Waals surface area contributed by atoms with Crippen LogP contribution in [0.3, 0.4) is 0 Å². The van der Waals surface area contributed by atoms with Gasteiger partial charge in [-0.3, -0.25) is 0 Å². The molecule has 0 saturated heterocycles. The van der Waals surface area contributed by atoms with Crippen LogP contribution in [0, 0.1) is 24.4 Å². The largest absolute Gasteiger partial charge is 0.496 e. The Morgan fingerprint density at radius 1 is 1.05 bits per heavy atom. The first-order valence-corrected chi connectivity index (χ1v) is 6.78. The van der Waals surface area contributed by atoms with E-state index >= 15 is 0 Å². The van der Waals surface area contributed by atoms with Gasteiger partial charge in [0, 0.05) is 5.56 Å². The van der Waals surface area contributed by atoms with Crippen LogP contribution in [0.5, 0.6) is 5.75 Å². The van der Waals surface area contributed by atoms with Gasteiger partial charge in [0.2, 0.25) is 0 Å². The highest BCUT2D eigenvalue weighted by Crippen LogP contribution is 2.37. The molecule has 5 heteroatoms. The topological polar surface area (TPSA) is 9.23 Å². The molecule has 0 aliphatic rings. The molecule has 1 atom stereocenters. The van der Waals surface area contributed by atoms with Crippen LogP contribution in [-0.2, 0) is 0 Å². The average Bonchev–Trinajstić information content (AvgIpc) is 2.43. The Kier molecular flexibility index (Phi) is 4.38. The Morgan fingerprint density at radius 3 is 2.20 bits per heavy atom. The van der Waals surface area contributed by atoms with Crippen molar-refractivity contribution in [1.82, 2.24) is 0 Å². The van der Waals surface area contributed by atoms with Crippen LogP contribution in [0.4, 0.5) is 13.2 Å². The van der Waals surface area contributed by atoms with Gasteiger partial charge in [-0.2, -0.15) is 0 Å². The third kappa shape index (κ3) is 2.82. The van der Waals surface area contributed by atoms with Gasteiger partial charge in [0.1, 0.15) is 5.75 Å². The molecule has 106 valence electrons. The van der Waals surface area contributed by atoms with Gasteiger partial charge in [0.25, 0.3) is 0 Å². The maximum atomic E-state index is 13.3. The summed E-state index contributed by atoms with van der Waals surface area (Å²) in [5.74, 6) is -3.31. The maximum Gasteiger partial charge on any atom is 0.194 e. The zero-order valence-corrected chi connectivity index (χ0v) is 12.5. The molecule has 2 aromatic carbocycles. The molecule has 0 saturated carbocycles. The highest BCUT2D eigenvalue weighted by Gasteiger charge is 2.19. The first-order chi connectivity index (χ1) is 9.43. The normalized spacial score (nSPS) is 12.3. The molecule has 0 radical (unpaired) electrons. The molecule has 0 spiro atoms. The van der Waals surface area contributed by atoms with Crippen LogP contribution in [0.2, 0.25) is 0 Å². The van der Waals surface area contributed by atoms with Crippen molar-refractivity contribution in [3.8, 4) is 5.75 Å². The van der Waals surface area contributed by atoms with E-state index in [1.165, 1.54) is 7.11 Å². The summed E-state index contributed by atoms with van der Waals surface area (Å²) in [6.07, 6.45) is 0. The Hall–Kier alpha value is -1.49. The number of halogens is 4. The molecule has 0 fully saturated rings. The lowest BCUT2D eigenvalue weighted by Crippen LogP contribution is -2.01. The predicted octanol–water partition coefficient (Wildman–Crippen LogP) is 4.91. The molecule has 1 unspecified atom stereocenters. The zero-order valence-electron chi connectivity index (χ0n) is 10.9. The molecule has 0 aliphatic heterocycles. The van der Waals surface area contributed by atoms with Crippen molar-refractivity contribution in [2.75, 3.05) is 7.11 Å². The number of ether oxygens (including phenoxy) is 1. The van der Waals surface area contributed by atoms with Gasteiger partial charge in [0.05, 0.1) is 11.9 Å². The number of hydrogen-bond acceptors (Lipinski definition) is 1. The van der Waals surface area contributed by atoms with Gasteiger partial charge < -0.3 is 4.74 Å². The molecule has 2 rings (SSSR count). The van der Waals surface area contributed by atoms with E-state index in [1.807, 2.05) is 19.1 Å². The van der Waals surface area contributed by atoms with Crippen molar-refractivity contribution in [3.05, 3.63) is 64.5 Å². The lowest BCUT2D eigenvalue weighted by atomic mass is 10.0. The summed E-state index contributed by atoms with van der Waals surface area (Å²) in [5.41, 5.74) is 1.98. The van der Waals surface area contributed by atoms with E-state index in [0.717, 1.165) is 23.3 Å². The van der Waals surface area contributed by atoms with E-state index in [9.17, 15) is 13.2 Å². The molecule has 2 aromatic rings. The summed E-state index contributed by atoms with van der Waals surface area (Å²) < 4.78 is 44.9. The van der Waals surface area contributed by atoms with Gasteiger partial charge in [0.15, 0.2) is 17.5 Å². The van der Waals surface area contributed by atoms with E-state index in [-0.39, 0.29) is 5.56 Å². The Bertz CT molecular complexity index is 620. The van der Waals surface area contributed by atoms with Crippen molar-refractivity contribution in [3.63, 3.8) is 0 Å². The molecule has 0 amide bonds. The Balaban J connectivity index is 2.51. The SMILES string of the molecule is COc1ccc(C)cc1C(Br)c1cc(F)c(F)c(F)c1. The molecule has 0 heterocycles. The van der Waals surface area contributed by atoms with Gasteiger partial charge >= 0.3 is 0 Å². The van der Waals surface area contributed by atoms with E-state index in [2.05, 4.69) is 15.9 Å². The monoisotopic (exact) mass is 344 g/mol. The van der Waals surface area contributed by atoms with Crippen LogP contribution in [0.15, 0.2) is 30.3 Å². The lowest BCUT2D eigenvalue weighted by molar-refractivity contribution is 0.410. The molecule has 0 aromatic heterocycles. The third-order valence-electron chi connectivity index (χ3n) is 2.96. The number of benzene rings is 2. The fourth-order valence-corrected chi connectivity index (χ4v) is 2.57. The van der Waals surface area contributed by atoms with Crippen LogP contribution < -0.4 is 4.74 Å². The van der Waals surface area contributed by atoms with Crippen molar-refractivity contribution in [2.45, 2.75) is 11.8 Å². The fourth-order valence-electron chi connectivity index (χ4n) is 1.95. The van der Waals surface area contributed by atoms with Crippen LogP contribution in [0.1, 0.15) is 21.5 Å². The average molecular weight is 345 g/mol. The minimum Gasteiger partial charge on any atom is -0.496 e. The van der Waals surface area contributed by atoms with Crippen LogP contribution in [0.25, 0.3) is 0 Å². The van der Waals surface area contributed by atoms with Crippen molar-refractivity contribution >= 4 is 15.9 Å². The standard InChI is InChI=1S/C15H12BrF3O/c1-8-3-4-13(20-2)10(5-8)14(16)9-6-11(17)15(19)12(18)7-9/h3-7,14H,1-2H3. The molecule has 0 bridgehead atoms. The lowest BCUT2D eigenvalue weighted by Gasteiger charge is -2.16. The molecule has 0 aliphatic carbocycles. The minimum atomic E-state index is -1.47. The van der Waals surface area contributed by atoms with Crippen LogP contribution in [-0.4, -0.2) is 7.11 Å². The molecule has 1 nitrogen and oxygen atoms in total. The van der Waals surface area contributed by atoms with Gasteiger partial charge in [-0.15, -0.1) is 0 Å². The summed E-state index contributed by atoms with van der Waals surface area (Å²) in [7, 11) is 1.51. The zero-order chi connectivity index (χ0) is 14.9. The second kappa shape index (κ2) is 5.87. The molecular formula is C15H12BrF3O. The maximum absolute atomic E-state index is 13.3. The van der Waals surface area contributed by atoms with Crippen molar-refractivity contribution < 1.29 is 17.9 Å². The quantitative estimate of drug-likeness (QED) is 0.568. The first-order valence-electron chi connectivity index (χ1n) is 5.87. The van der Waals surface area contributed by atoms with Crippen molar-refractivity contribution in [1.29, 1.82) is 0 Å². The molecule has 0 N–H and O–H groups in total. The van der Waals surface area contributed by atoms with E-state index in [1.54, 1.807) is 6.07 Å². The van der Waals surface area contributed by atoms with Crippen LogP contribution >= 0.6 is 15.9 Å². The summed E-state index contributed by atoms with van der Waals surface area (Å²) in [5, 5.41) is 0. The summed E-state index contributed by atoms with van der Waals surface area (Å²) in [6, 6.07) is 7.43. The van der Waals surface area contributed by atoms with E-state index in [0.29, 0.717) is 5.75 Å². The smallest absolute Gasteiger partial charge is 0.194 e. The van der Waals surface area contributed by atoms with Gasteiger partial charge in [-0.1, -0.05) is 33.6 Å². The predicted molar refractivity (Wildman–Crippen MR) is 74.8 cm³/mol. The van der Waals surface area contributed by atoms with E-state index < -0.39 is 22.3 Å². The third-order valence-corrected chi connectivity index (χ3v) is 3.98. The summed E-state index contributed by atoms with van der Waals surface area (Å²) >= 11 is 3.38. The molecule has 20 heavy (non-hydrogen) atoms. The number of aryl methyl sites for hydroxylation is 1. The fraction of sp³-hybridized carbons (Fsp3) is 0.200. The van der Waals surface area contributed by atoms with Gasteiger partial charge in [-0.25, -0.2) is 13.2 Å². The first kappa shape index (κ1) is 14.9. The Morgan fingerprint density at radius 2 is 1.65 bits per heavy atom. The summed E-state index contributed by atoms with van der Waals surface area (Å²) in [4.78, 5) is -0.498. The molecular weight excluding hydrogens is 333 g/mol. The second-order valence-corrected chi connectivity index (χ2v) is 5.32. The highest BCUT2D eigenvalue weighted by molar-refractivity contribution is 9.09. The summed E-state index contributed by atoms with van der Waals surface area (Å²) in [6.45, 7) is 1.90. The number of hydrogen-bond donors (Lipinski definition) is 0. The highest BCUT2D eigenvalue weighted by atomic mass is 79.9. The minimum absolute atomic E-state index is 0.283. The number of methoxy groups -OCH3 is 1. The number of rotatable bonds is 3. The van der Waals surface area contributed by atoms with E-state index in [4.69, 9.17) is 4.74 Å².